The highest BCUT2D eigenvalue weighted by Crippen LogP contribution is 2.21. The maximum Gasteiger partial charge on any atom is 0.248 e. The van der Waals surface area contributed by atoms with Crippen molar-refractivity contribution >= 4 is 17.5 Å². The third kappa shape index (κ3) is 4.31. The second-order valence-corrected chi connectivity index (χ2v) is 5.78. The smallest absolute Gasteiger partial charge is 0.248 e. The van der Waals surface area contributed by atoms with Gasteiger partial charge in [-0.3, -0.25) is 9.59 Å². The van der Waals surface area contributed by atoms with Gasteiger partial charge in [0.2, 0.25) is 11.8 Å². The lowest BCUT2D eigenvalue weighted by Crippen LogP contribution is -2.38. The molecule has 5 N–H and O–H groups in total. The fraction of sp³-hybridized carbons (Fsp3) is 0.429. The van der Waals surface area contributed by atoms with Crippen molar-refractivity contribution in [3.8, 4) is 0 Å². The summed E-state index contributed by atoms with van der Waals surface area (Å²) in [7, 11) is 0. The number of primary amides is 1. The fourth-order valence-electron chi connectivity index (χ4n) is 1.48. The number of rotatable bonds is 4. The molecule has 0 saturated heterocycles. The predicted molar refractivity (Wildman–Crippen MR) is 75.6 cm³/mol. The average Bonchev–Trinajstić information content (AvgIpc) is 2.30. The molecule has 6 heteroatoms. The van der Waals surface area contributed by atoms with Gasteiger partial charge in [0.1, 0.15) is 5.82 Å². The summed E-state index contributed by atoms with van der Waals surface area (Å²) in [5.74, 6) is -1.73. The van der Waals surface area contributed by atoms with E-state index in [2.05, 4.69) is 5.32 Å². The first kappa shape index (κ1) is 16.1. The van der Waals surface area contributed by atoms with Gasteiger partial charge in [-0.1, -0.05) is 20.8 Å². The van der Waals surface area contributed by atoms with Crippen molar-refractivity contribution in [1.29, 1.82) is 0 Å². The van der Waals surface area contributed by atoms with E-state index in [4.69, 9.17) is 11.5 Å². The highest BCUT2D eigenvalue weighted by atomic mass is 19.1. The summed E-state index contributed by atoms with van der Waals surface area (Å²) in [5, 5.41) is 2.41. The van der Waals surface area contributed by atoms with Crippen LogP contribution in [0.3, 0.4) is 0 Å². The Balaban J connectivity index is 2.80. The fourth-order valence-corrected chi connectivity index (χ4v) is 1.48. The van der Waals surface area contributed by atoms with Crippen molar-refractivity contribution in [2.45, 2.75) is 33.2 Å². The van der Waals surface area contributed by atoms with Crippen molar-refractivity contribution in [3.05, 3.63) is 29.6 Å². The first-order valence-electron chi connectivity index (χ1n) is 6.26. The standard InChI is InChI=1S/C14H20FN3O2/c1-14(2,3)11(16)7-12(19)18-10-6-8(13(17)20)4-5-9(10)15/h4-6,11H,7,16H2,1-3H3,(H2,17,20)(H,18,19). The summed E-state index contributed by atoms with van der Waals surface area (Å²) < 4.78 is 13.6. The Hall–Kier alpha value is -1.95. The number of nitrogens with one attached hydrogen (secondary N) is 1. The number of carbonyl (C=O) groups is 2. The first-order valence-corrected chi connectivity index (χ1v) is 6.26. The second kappa shape index (κ2) is 6.00. The van der Waals surface area contributed by atoms with E-state index >= 15 is 0 Å². The van der Waals surface area contributed by atoms with Crippen molar-refractivity contribution in [3.63, 3.8) is 0 Å². The predicted octanol–water partition coefficient (Wildman–Crippen LogP) is 1.63. The largest absolute Gasteiger partial charge is 0.366 e. The molecule has 0 aliphatic rings. The third-order valence-electron chi connectivity index (χ3n) is 3.04. The van der Waals surface area contributed by atoms with Crippen LogP contribution in [0.15, 0.2) is 18.2 Å². The van der Waals surface area contributed by atoms with Crippen molar-refractivity contribution in [2.24, 2.45) is 16.9 Å². The highest BCUT2D eigenvalue weighted by Gasteiger charge is 2.23. The van der Waals surface area contributed by atoms with Gasteiger partial charge in [-0.25, -0.2) is 4.39 Å². The summed E-state index contributed by atoms with van der Waals surface area (Å²) in [4.78, 5) is 22.9. The number of benzene rings is 1. The van der Waals surface area contributed by atoms with E-state index in [-0.39, 0.29) is 29.1 Å². The highest BCUT2D eigenvalue weighted by molar-refractivity contribution is 5.96. The molecule has 110 valence electrons. The van der Waals surface area contributed by atoms with Gasteiger partial charge in [0.15, 0.2) is 0 Å². The van der Waals surface area contributed by atoms with E-state index in [1.807, 2.05) is 20.8 Å². The lowest BCUT2D eigenvalue weighted by Gasteiger charge is -2.26. The van der Waals surface area contributed by atoms with E-state index in [1.54, 1.807) is 0 Å². The van der Waals surface area contributed by atoms with Crippen LogP contribution in [0.2, 0.25) is 0 Å². The number of halogens is 1. The number of anilines is 1. The van der Waals surface area contributed by atoms with Crippen LogP contribution in [0.25, 0.3) is 0 Å². The van der Waals surface area contributed by atoms with E-state index in [1.165, 1.54) is 12.1 Å². The summed E-state index contributed by atoms with van der Waals surface area (Å²) in [5.41, 5.74) is 10.8. The number of carbonyl (C=O) groups excluding carboxylic acids is 2. The Labute approximate surface area is 117 Å². The van der Waals surface area contributed by atoms with Gasteiger partial charge in [0, 0.05) is 18.0 Å². The van der Waals surface area contributed by atoms with Crippen LogP contribution in [0.1, 0.15) is 37.6 Å². The normalized spacial score (nSPS) is 12.8. The third-order valence-corrected chi connectivity index (χ3v) is 3.04. The lowest BCUT2D eigenvalue weighted by molar-refractivity contribution is -0.117. The van der Waals surface area contributed by atoms with Crippen LogP contribution in [-0.4, -0.2) is 17.9 Å². The van der Waals surface area contributed by atoms with Gasteiger partial charge in [-0.15, -0.1) is 0 Å². The molecule has 20 heavy (non-hydrogen) atoms. The molecule has 0 spiro atoms. The van der Waals surface area contributed by atoms with Crippen LogP contribution in [0.5, 0.6) is 0 Å². The zero-order chi connectivity index (χ0) is 15.5. The monoisotopic (exact) mass is 281 g/mol. The summed E-state index contributed by atoms with van der Waals surface area (Å²) >= 11 is 0. The molecule has 0 fully saturated rings. The average molecular weight is 281 g/mol. The molecule has 1 rings (SSSR count). The molecule has 1 atom stereocenters. The molecule has 0 heterocycles. The maximum atomic E-state index is 13.6. The Morgan fingerprint density at radius 2 is 1.95 bits per heavy atom. The van der Waals surface area contributed by atoms with E-state index in [0.29, 0.717) is 0 Å². The Bertz CT molecular complexity index is 524. The van der Waals surface area contributed by atoms with Gasteiger partial charge in [0.25, 0.3) is 0 Å². The SMILES string of the molecule is CC(C)(C)C(N)CC(=O)Nc1cc(C(N)=O)ccc1F. The minimum absolute atomic E-state index is 0.0593. The molecule has 0 aromatic heterocycles. The molecule has 1 unspecified atom stereocenters. The molecule has 0 radical (unpaired) electrons. The Morgan fingerprint density at radius 1 is 1.35 bits per heavy atom. The van der Waals surface area contributed by atoms with Crippen LogP contribution in [0, 0.1) is 11.2 Å². The van der Waals surface area contributed by atoms with E-state index in [0.717, 1.165) is 6.07 Å². The van der Waals surface area contributed by atoms with Crippen LogP contribution in [-0.2, 0) is 4.79 Å². The zero-order valence-corrected chi connectivity index (χ0v) is 11.9. The topological polar surface area (TPSA) is 98.2 Å². The Morgan fingerprint density at radius 3 is 2.45 bits per heavy atom. The molecular weight excluding hydrogens is 261 g/mol. The molecule has 5 nitrogen and oxygen atoms in total. The number of amides is 2. The molecule has 0 aliphatic heterocycles. The zero-order valence-electron chi connectivity index (χ0n) is 11.9. The molecule has 0 saturated carbocycles. The number of nitrogens with two attached hydrogens (primary N) is 2. The summed E-state index contributed by atoms with van der Waals surface area (Å²) in [6.45, 7) is 5.75. The molecule has 0 aliphatic carbocycles. The minimum atomic E-state index is -0.688. The maximum absolute atomic E-state index is 13.6. The van der Waals surface area contributed by atoms with Crippen molar-refractivity contribution in [2.75, 3.05) is 5.32 Å². The van der Waals surface area contributed by atoms with Crippen molar-refractivity contribution < 1.29 is 14.0 Å². The van der Waals surface area contributed by atoms with Crippen LogP contribution in [0.4, 0.5) is 10.1 Å². The first-order chi connectivity index (χ1) is 9.11. The Kier molecular flexibility index (Phi) is 4.83. The molecular formula is C14H20FN3O2. The van der Waals surface area contributed by atoms with Crippen LogP contribution >= 0.6 is 0 Å². The molecule has 1 aromatic carbocycles. The lowest BCUT2D eigenvalue weighted by atomic mass is 9.85. The minimum Gasteiger partial charge on any atom is -0.366 e. The van der Waals surface area contributed by atoms with Gasteiger partial charge in [-0.05, 0) is 23.6 Å². The van der Waals surface area contributed by atoms with Gasteiger partial charge in [-0.2, -0.15) is 0 Å². The quantitative estimate of drug-likeness (QED) is 0.782. The van der Waals surface area contributed by atoms with E-state index in [9.17, 15) is 14.0 Å². The second-order valence-electron chi connectivity index (χ2n) is 5.78. The van der Waals surface area contributed by atoms with Crippen LogP contribution < -0.4 is 16.8 Å². The van der Waals surface area contributed by atoms with Gasteiger partial charge in [0.05, 0.1) is 5.69 Å². The number of hydrogen-bond acceptors (Lipinski definition) is 3. The van der Waals surface area contributed by atoms with Gasteiger partial charge < -0.3 is 16.8 Å². The van der Waals surface area contributed by atoms with Gasteiger partial charge >= 0.3 is 0 Å². The summed E-state index contributed by atoms with van der Waals surface area (Å²) in [6.07, 6.45) is 0.0593. The summed E-state index contributed by atoms with van der Waals surface area (Å²) in [6, 6.07) is 3.19. The molecule has 2 amide bonds. The molecule has 0 bridgehead atoms. The van der Waals surface area contributed by atoms with Crippen molar-refractivity contribution in [1.82, 2.24) is 0 Å². The van der Waals surface area contributed by atoms with E-state index < -0.39 is 17.6 Å². The molecule has 1 aromatic rings. The number of hydrogen-bond donors (Lipinski definition) is 3.